The van der Waals surface area contributed by atoms with Gasteiger partial charge in [0.25, 0.3) is 0 Å². The van der Waals surface area contributed by atoms with E-state index in [2.05, 4.69) is 47.6 Å². The fraction of sp³-hybridized carbons (Fsp3) is 0.632. The summed E-state index contributed by atoms with van der Waals surface area (Å²) in [5.41, 5.74) is 3.72. The number of hydrogen-bond acceptors (Lipinski definition) is 3. The van der Waals surface area contributed by atoms with Gasteiger partial charge < -0.3 is 10.6 Å². The molecule has 1 amide bonds. The Kier molecular flexibility index (Phi) is 9.22. The van der Waals surface area contributed by atoms with Crippen molar-refractivity contribution in [1.82, 2.24) is 10.2 Å². The third kappa shape index (κ3) is 5.85. The predicted octanol–water partition coefficient (Wildman–Crippen LogP) is 3.83. The van der Waals surface area contributed by atoms with Crippen LogP contribution in [0.1, 0.15) is 44.2 Å². The summed E-state index contributed by atoms with van der Waals surface area (Å²) >= 11 is 0. The number of piperidine rings is 1. The van der Waals surface area contributed by atoms with Crippen LogP contribution < -0.4 is 10.6 Å². The van der Waals surface area contributed by atoms with Crippen molar-refractivity contribution in [2.75, 3.05) is 25.0 Å². The third-order valence-corrected chi connectivity index (χ3v) is 5.04. The van der Waals surface area contributed by atoms with Gasteiger partial charge in [-0.2, -0.15) is 0 Å². The lowest BCUT2D eigenvalue weighted by Crippen LogP contribution is -2.34. The van der Waals surface area contributed by atoms with Gasteiger partial charge in [-0.1, -0.05) is 26.0 Å². The van der Waals surface area contributed by atoms with Gasteiger partial charge in [-0.3, -0.25) is 9.69 Å². The normalized spacial score (nSPS) is 17.6. The van der Waals surface area contributed by atoms with Crippen molar-refractivity contribution in [3.63, 3.8) is 0 Å². The van der Waals surface area contributed by atoms with Crippen molar-refractivity contribution in [3.05, 3.63) is 29.3 Å². The molecule has 1 aromatic carbocycles. The second-order valence-electron chi connectivity index (χ2n) is 7.35. The Labute approximate surface area is 163 Å². The van der Waals surface area contributed by atoms with Crippen LogP contribution in [0.15, 0.2) is 18.2 Å². The zero-order valence-corrected chi connectivity index (χ0v) is 16.8. The van der Waals surface area contributed by atoms with Gasteiger partial charge in [0.2, 0.25) is 5.91 Å². The number of carbonyl (C=O) groups is 1. The second-order valence-corrected chi connectivity index (χ2v) is 7.35. The molecule has 1 fully saturated rings. The first-order chi connectivity index (χ1) is 11.1. The highest BCUT2D eigenvalue weighted by atomic mass is 35.5. The Morgan fingerprint density at radius 2 is 1.96 bits per heavy atom. The lowest BCUT2D eigenvalue weighted by molar-refractivity contribution is -0.120. The van der Waals surface area contributed by atoms with Gasteiger partial charge >= 0.3 is 0 Å². The molecule has 0 radical (unpaired) electrons. The SMILES string of the molecule is CC(C)CCN1Cc2cccc(NC(=O)C3CCNCC3)c2C1.Cl.Cl. The molecule has 3 rings (SSSR count). The smallest absolute Gasteiger partial charge is 0.227 e. The maximum absolute atomic E-state index is 12.5. The van der Waals surface area contributed by atoms with Crippen molar-refractivity contribution in [2.24, 2.45) is 11.8 Å². The molecule has 4 nitrogen and oxygen atoms in total. The number of rotatable bonds is 5. The summed E-state index contributed by atoms with van der Waals surface area (Å²) in [5, 5.41) is 6.52. The average molecular weight is 388 g/mol. The number of nitrogens with zero attached hydrogens (tertiary/aromatic N) is 1. The fourth-order valence-corrected chi connectivity index (χ4v) is 3.52. The standard InChI is InChI=1S/C19H29N3O.2ClH/c1-14(2)8-11-22-12-16-4-3-5-18(17(16)13-22)21-19(23)15-6-9-20-10-7-15;;/h3-5,14-15,20H,6-13H2,1-2H3,(H,21,23);2*1H. The monoisotopic (exact) mass is 387 g/mol. The van der Waals surface area contributed by atoms with Gasteiger partial charge in [0.05, 0.1) is 0 Å². The molecular formula is C19H31Cl2N3O. The van der Waals surface area contributed by atoms with E-state index in [1.54, 1.807) is 0 Å². The van der Waals surface area contributed by atoms with E-state index in [9.17, 15) is 4.79 Å². The first-order valence-electron chi connectivity index (χ1n) is 8.98. The van der Waals surface area contributed by atoms with Crippen molar-refractivity contribution in [2.45, 2.75) is 46.2 Å². The van der Waals surface area contributed by atoms with Crippen LogP contribution in [0.2, 0.25) is 0 Å². The molecule has 0 spiro atoms. The molecule has 0 unspecified atom stereocenters. The van der Waals surface area contributed by atoms with Gasteiger partial charge in [-0.05, 0) is 62.0 Å². The number of hydrogen-bond donors (Lipinski definition) is 2. The highest BCUT2D eigenvalue weighted by molar-refractivity contribution is 5.93. The molecule has 2 aliphatic heterocycles. The molecule has 0 aliphatic carbocycles. The third-order valence-electron chi connectivity index (χ3n) is 5.04. The lowest BCUT2D eigenvalue weighted by Gasteiger charge is -2.22. The molecule has 2 aliphatic rings. The Morgan fingerprint density at radius 1 is 1.24 bits per heavy atom. The minimum Gasteiger partial charge on any atom is -0.326 e. The van der Waals surface area contributed by atoms with E-state index in [-0.39, 0.29) is 36.6 Å². The lowest BCUT2D eigenvalue weighted by atomic mass is 9.97. The Balaban J connectivity index is 0.00000156. The van der Waals surface area contributed by atoms with Crippen LogP contribution in [0.25, 0.3) is 0 Å². The van der Waals surface area contributed by atoms with E-state index in [0.29, 0.717) is 0 Å². The van der Waals surface area contributed by atoms with Gasteiger partial charge in [0, 0.05) is 24.7 Å². The maximum Gasteiger partial charge on any atom is 0.227 e. The highest BCUT2D eigenvalue weighted by Gasteiger charge is 2.25. The number of benzene rings is 1. The largest absolute Gasteiger partial charge is 0.326 e. The van der Waals surface area contributed by atoms with Crippen LogP contribution in [-0.4, -0.2) is 30.4 Å². The Hall–Kier alpha value is -0.810. The molecule has 2 N–H and O–H groups in total. The van der Waals surface area contributed by atoms with Gasteiger partial charge in [0.1, 0.15) is 0 Å². The summed E-state index contributed by atoms with van der Waals surface area (Å²) in [6.45, 7) is 9.56. The van der Waals surface area contributed by atoms with Crippen LogP contribution in [0.5, 0.6) is 0 Å². The van der Waals surface area contributed by atoms with Gasteiger partial charge in [0.15, 0.2) is 0 Å². The van der Waals surface area contributed by atoms with E-state index in [0.717, 1.165) is 57.2 Å². The molecule has 0 aromatic heterocycles. The fourth-order valence-electron chi connectivity index (χ4n) is 3.52. The van der Waals surface area contributed by atoms with Crippen molar-refractivity contribution < 1.29 is 4.79 Å². The summed E-state index contributed by atoms with van der Waals surface area (Å²) in [7, 11) is 0. The maximum atomic E-state index is 12.5. The second kappa shape index (κ2) is 10.4. The molecule has 2 heterocycles. The molecule has 6 heteroatoms. The number of amides is 1. The van der Waals surface area contributed by atoms with Crippen LogP contribution in [-0.2, 0) is 17.9 Å². The van der Waals surface area contributed by atoms with E-state index in [4.69, 9.17) is 0 Å². The zero-order chi connectivity index (χ0) is 16.2. The summed E-state index contributed by atoms with van der Waals surface area (Å²) in [6, 6.07) is 6.33. The van der Waals surface area contributed by atoms with Crippen LogP contribution in [0.3, 0.4) is 0 Å². The van der Waals surface area contributed by atoms with E-state index >= 15 is 0 Å². The first kappa shape index (κ1) is 22.2. The Morgan fingerprint density at radius 3 is 2.64 bits per heavy atom. The number of carbonyl (C=O) groups excluding carboxylic acids is 1. The molecule has 142 valence electrons. The number of halogens is 2. The summed E-state index contributed by atoms with van der Waals surface area (Å²) in [4.78, 5) is 15.0. The summed E-state index contributed by atoms with van der Waals surface area (Å²) < 4.78 is 0. The van der Waals surface area contributed by atoms with Crippen LogP contribution in [0.4, 0.5) is 5.69 Å². The van der Waals surface area contributed by atoms with E-state index < -0.39 is 0 Å². The minimum atomic E-state index is 0. The van der Waals surface area contributed by atoms with Crippen molar-refractivity contribution in [1.29, 1.82) is 0 Å². The first-order valence-corrected chi connectivity index (χ1v) is 8.98. The van der Waals surface area contributed by atoms with Crippen molar-refractivity contribution >= 4 is 36.4 Å². The highest BCUT2D eigenvalue weighted by Crippen LogP contribution is 2.30. The van der Waals surface area contributed by atoms with Crippen molar-refractivity contribution in [3.8, 4) is 0 Å². The van der Waals surface area contributed by atoms with E-state index in [1.165, 1.54) is 17.5 Å². The molecular weight excluding hydrogens is 357 g/mol. The molecule has 0 bridgehead atoms. The topological polar surface area (TPSA) is 44.4 Å². The Bertz CT molecular complexity index is 560. The van der Waals surface area contributed by atoms with E-state index in [1.807, 2.05) is 0 Å². The molecule has 1 aromatic rings. The summed E-state index contributed by atoms with van der Waals surface area (Å²) in [5.74, 6) is 1.09. The van der Waals surface area contributed by atoms with Crippen LogP contribution in [0, 0.1) is 11.8 Å². The number of anilines is 1. The molecule has 25 heavy (non-hydrogen) atoms. The molecule has 0 saturated carbocycles. The minimum absolute atomic E-state index is 0. The molecule has 1 saturated heterocycles. The van der Waals surface area contributed by atoms with Gasteiger partial charge in [-0.15, -0.1) is 24.8 Å². The zero-order valence-electron chi connectivity index (χ0n) is 15.2. The average Bonchev–Trinajstić information content (AvgIpc) is 2.98. The summed E-state index contributed by atoms with van der Waals surface area (Å²) in [6.07, 6.45) is 3.12. The number of fused-ring (bicyclic) bond motifs is 1. The van der Waals surface area contributed by atoms with Crippen LogP contribution >= 0.6 is 24.8 Å². The predicted molar refractivity (Wildman–Crippen MR) is 109 cm³/mol. The number of nitrogens with one attached hydrogen (secondary N) is 2. The van der Waals surface area contributed by atoms with Gasteiger partial charge in [-0.25, -0.2) is 0 Å². The quantitative estimate of drug-likeness (QED) is 0.806. The molecule has 0 atom stereocenters.